The third-order valence-electron chi connectivity index (χ3n) is 5.57. The van der Waals surface area contributed by atoms with Gasteiger partial charge in [-0.3, -0.25) is 9.59 Å². The van der Waals surface area contributed by atoms with Gasteiger partial charge in [-0.15, -0.1) is 0 Å². The zero-order chi connectivity index (χ0) is 21.3. The van der Waals surface area contributed by atoms with E-state index >= 15 is 0 Å². The molecule has 1 fully saturated rings. The fraction of sp³-hybridized carbons (Fsp3) is 0.417. The highest BCUT2D eigenvalue weighted by Gasteiger charge is 2.24. The molecule has 2 aromatic rings. The number of likely N-dealkylation sites (tertiary alicyclic amines) is 1. The fourth-order valence-corrected chi connectivity index (χ4v) is 3.75. The van der Waals surface area contributed by atoms with Crippen LogP contribution in [0.15, 0.2) is 48.5 Å². The molecule has 0 aromatic heterocycles. The van der Waals surface area contributed by atoms with E-state index in [9.17, 15) is 9.59 Å². The van der Waals surface area contributed by atoms with Crippen molar-refractivity contribution in [1.29, 1.82) is 0 Å². The molecule has 6 heteroatoms. The Morgan fingerprint density at radius 2 is 1.60 bits per heavy atom. The molecule has 1 aliphatic heterocycles. The summed E-state index contributed by atoms with van der Waals surface area (Å²) in [6.45, 7) is 2.55. The summed E-state index contributed by atoms with van der Waals surface area (Å²) in [5.41, 5.74) is 2.59. The maximum Gasteiger partial charge on any atom is 0.253 e. The molecule has 0 spiro atoms. The molecule has 0 unspecified atom stereocenters. The number of ether oxygens (including phenoxy) is 2. The van der Waals surface area contributed by atoms with E-state index in [2.05, 4.69) is 5.32 Å². The first kappa shape index (κ1) is 21.8. The van der Waals surface area contributed by atoms with Gasteiger partial charge in [0, 0.05) is 37.9 Å². The monoisotopic (exact) mass is 410 g/mol. The third kappa shape index (κ3) is 5.83. The number of methoxy groups -OCH3 is 2. The molecule has 1 saturated heterocycles. The number of nitrogens with one attached hydrogen (secondary N) is 1. The van der Waals surface area contributed by atoms with E-state index in [1.807, 2.05) is 53.4 Å². The molecular formula is C24H30N2O4. The molecule has 1 aliphatic rings. The number of nitrogens with zero attached hydrogens (tertiary/aromatic N) is 1. The Morgan fingerprint density at radius 1 is 0.967 bits per heavy atom. The third-order valence-corrected chi connectivity index (χ3v) is 5.57. The highest BCUT2D eigenvalue weighted by Crippen LogP contribution is 2.23. The van der Waals surface area contributed by atoms with E-state index in [4.69, 9.17) is 9.47 Å². The zero-order valence-corrected chi connectivity index (χ0v) is 17.7. The molecule has 160 valence electrons. The number of carbonyl (C=O) groups excluding carboxylic acids is 2. The van der Waals surface area contributed by atoms with Gasteiger partial charge in [-0.05, 0) is 67.1 Å². The summed E-state index contributed by atoms with van der Waals surface area (Å²) in [4.78, 5) is 26.7. The van der Waals surface area contributed by atoms with Gasteiger partial charge in [-0.25, -0.2) is 0 Å². The quantitative estimate of drug-likeness (QED) is 0.679. The number of rotatable bonds is 8. The van der Waals surface area contributed by atoms with Gasteiger partial charge in [0.15, 0.2) is 0 Å². The van der Waals surface area contributed by atoms with Gasteiger partial charge >= 0.3 is 0 Å². The van der Waals surface area contributed by atoms with Crippen molar-refractivity contribution in [1.82, 2.24) is 10.2 Å². The summed E-state index contributed by atoms with van der Waals surface area (Å²) < 4.78 is 10.1. The molecule has 0 aliphatic carbocycles. The molecule has 3 rings (SSSR count). The Balaban J connectivity index is 1.47. The van der Waals surface area contributed by atoms with Gasteiger partial charge in [-0.2, -0.15) is 0 Å². The van der Waals surface area contributed by atoms with Crippen LogP contribution in [0.2, 0.25) is 0 Å². The van der Waals surface area contributed by atoms with E-state index in [1.54, 1.807) is 14.2 Å². The van der Waals surface area contributed by atoms with Crippen LogP contribution in [0.4, 0.5) is 0 Å². The summed E-state index contributed by atoms with van der Waals surface area (Å²) in [5.74, 6) is 1.30. The number of benzene rings is 2. The van der Waals surface area contributed by atoms with E-state index in [0.717, 1.165) is 38.1 Å². The number of amides is 2. The predicted molar refractivity (Wildman–Crippen MR) is 116 cm³/mol. The van der Waals surface area contributed by atoms with Crippen molar-refractivity contribution in [2.75, 3.05) is 40.5 Å². The standard InChI is InChI=1S/C24H30N2O4/c1-29-16-13-25-23(27)20-5-3-18(4-6-20)17-19-11-14-26(15-12-19)24(28)21-7-9-22(30-2)10-8-21/h3-10,19H,11-17H2,1-2H3,(H,25,27). The second kappa shape index (κ2) is 10.8. The Kier molecular flexibility index (Phi) is 7.85. The van der Waals surface area contributed by atoms with Gasteiger partial charge in [0.25, 0.3) is 11.8 Å². The minimum atomic E-state index is -0.0797. The number of hydrogen-bond acceptors (Lipinski definition) is 4. The van der Waals surface area contributed by atoms with Crippen LogP contribution in [0.1, 0.15) is 39.1 Å². The summed E-state index contributed by atoms with van der Waals surface area (Å²) in [7, 11) is 3.23. The van der Waals surface area contributed by atoms with Crippen LogP contribution in [-0.2, 0) is 11.2 Å². The Bertz CT molecular complexity index is 825. The van der Waals surface area contributed by atoms with Crippen LogP contribution in [0.5, 0.6) is 5.75 Å². The second-order valence-electron chi connectivity index (χ2n) is 7.61. The average Bonchev–Trinajstić information content (AvgIpc) is 2.80. The van der Waals surface area contributed by atoms with Crippen LogP contribution >= 0.6 is 0 Å². The fourth-order valence-electron chi connectivity index (χ4n) is 3.75. The summed E-state index contributed by atoms with van der Waals surface area (Å²) >= 11 is 0. The van der Waals surface area contributed by atoms with Crippen LogP contribution in [-0.4, -0.2) is 57.2 Å². The topological polar surface area (TPSA) is 67.9 Å². The molecule has 2 amide bonds. The van der Waals surface area contributed by atoms with Gasteiger partial charge in [0.05, 0.1) is 13.7 Å². The number of carbonyl (C=O) groups is 2. The minimum Gasteiger partial charge on any atom is -0.497 e. The van der Waals surface area contributed by atoms with Gasteiger partial charge in [0.2, 0.25) is 0 Å². The van der Waals surface area contributed by atoms with Crippen LogP contribution in [0.25, 0.3) is 0 Å². The van der Waals surface area contributed by atoms with Gasteiger partial charge in [0.1, 0.15) is 5.75 Å². The lowest BCUT2D eigenvalue weighted by Crippen LogP contribution is -2.38. The van der Waals surface area contributed by atoms with E-state index < -0.39 is 0 Å². The zero-order valence-electron chi connectivity index (χ0n) is 17.7. The minimum absolute atomic E-state index is 0.0797. The van der Waals surface area contributed by atoms with Crippen molar-refractivity contribution in [3.05, 3.63) is 65.2 Å². The smallest absolute Gasteiger partial charge is 0.253 e. The van der Waals surface area contributed by atoms with Crippen molar-refractivity contribution in [3.63, 3.8) is 0 Å². The molecular weight excluding hydrogens is 380 g/mol. The summed E-state index contributed by atoms with van der Waals surface area (Å²) in [6, 6.07) is 15.1. The molecule has 2 aromatic carbocycles. The van der Waals surface area contributed by atoms with E-state index in [-0.39, 0.29) is 11.8 Å². The lowest BCUT2D eigenvalue weighted by Gasteiger charge is -2.32. The number of hydrogen-bond donors (Lipinski definition) is 1. The first-order valence-electron chi connectivity index (χ1n) is 10.4. The van der Waals surface area contributed by atoms with Crippen molar-refractivity contribution in [3.8, 4) is 5.75 Å². The molecule has 0 radical (unpaired) electrons. The van der Waals surface area contributed by atoms with Crippen LogP contribution in [0.3, 0.4) is 0 Å². The highest BCUT2D eigenvalue weighted by atomic mass is 16.5. The maximum atomic E-state index is 12.7. The number of piperidine rings is 1. The SMILES string of the molecule is COCCNC(=O)c1ccc(CC2CCN(C(=O)c3ccc(OC)cc3)CC2)cc1. The second-order valence-corrected chi connectivity index (χ2v) is 7.61. The molecule has 1 N–H and O–H groups in total. The Morgan fingerprint density at radius 3 is 2.20 bits per heavy atom. The van der Waals surface area contributed by atoms with Crippen molar-refractivity contribution in [2.24, 2.45) is 5.92 Å². The molecule has 0 bridgehead atoms. The first-order chi connectivity index (χ1) is 14.6. The molecule has 1 heterocycles. The van der Waals surface area contributed by atoms with E-state index in [0.29, 0.717) is 30.2 Å². The first-order valence-corrected chi connectivity index (χ1v) is 10.4. The lowest BCUT2D eigenvalue weighted by molar-refractivity contribution is 0.0690. The molecule has 6 nitrogen and oxygen atoms in total. The predicted octanol–water partition coefficient (Wildman–Crippen LogP) is 3.17. The van der Waals surface area contributed by atoms with Crippen molar-refractivity contribution >= 4 is 11.8 Å². The maximum absolute atomic E-state index is 12.7. The molecule has 30 heavy (non-hydrogen) atoms. The average molecular weight is 411 g/mol. The normalized spacial score (nSPS) is 14.4. The van der Waals surface area contributed by atoms with E-state index in [1.165, 1.54) is 5.56 Å². The van der Waals surface area contributed by atoms with Crippen molar-refractivity contribution < 1.29 is 19.1 Å². The Labute approximate surface area is 178 Å². The molecule has 0 saturated carbocycles. The largest absolute Gasteiger partial charge is 0.497 e. The Hall–Kier alpha value is -2.86. The highest BCUT2D eigenvalue weighted by molar-refractivity contribution is 5.94. The van der Waals surface area contributed by atoms with Crippen molar-refractivity contribution in [2.45, 2.75) is 19.3 Å². The van der Waals surface area contributed by atoms with Crippen LogP contribution in [0, 0.1) is 5.92 Å². The van der Waals surface area contributed by atoms with Gasteiger partial charge < -0.3 is 19.7 Å². The van der Waals surface area contributed by atoms with Crippen LogP contribution < -0.4 is 10.1 Å². The summed E-state index contributed by atoms with van der Waals surface area (Å²) in [6.07, 6.45) is 2.94. The van der Waals surface area contributed by atoms with Gasteiger partial charge in [-0.1, -0.05) is 12.1 Å². The molecule has 0 atom stereocenters. The lowest BCUT2D eigenvalue weighted by atomic mass is 9.89. The summed E-state index contributed by atoms with van der Waals surface area (Å²) in [5, 5.41) is 2.83.